The molecule has 0 unspecified atom stereocenters. The Morgan fingerprint density at radius 3 is 2.31 bits per heavy atom. The topological polar surface area (TPSA) is 78.7 Å². The van der Waals surface area contributed by atoms with Gasteiger partial charge in [-0.15, -0.1) is 0 Å². The summed E-state index contributed by atoms with van der Waals surface area (Å²) in [6.07, 6.45) is 1.74. The van der Waals surface area contributed by atoms with Crippen molar-refractivity contribution in [2.75, 3.05) is 0 Å². The van der Waals surface area contributed by atoms with Crippen molar-refractivity contribution in [2.45, 2.75) is 32.8 Å². The van der Waals surface area contributed by atoms with Crippen LogP contribution >= 0.6 is 0 Å². The molecule has 6 heteroatoms. The molecule has 6 nitrogen and oxygen atoms in total. The van der Waals surface area contributed by atoms with Crippen LogP contribution in [0.1, 0.15) is 47.8 Å². The van der Waals surface area contributed by atoms with Crippen LogP contribution in [0.5, 0.6) is 11.5 Å². The van der Waals surface area contributed by atoms with E-state index in [1.54, 1.807) is 36.4 Å². The normalized spacial score (nSPS) is 14.2. The van der Waals surface area contributed by atoms with Crippen LogP contribution in [0.15, 0.2) is 72.5 Å². The van der Waals surface area contributed by atoms with Crippen LogP contribution in [-0.2, 0) is 12.0 Å². The van der Waals surface area contributed by atoms with Crippen LogP contribution in [-0.4, -0.2) is 10.7 Å². The van der Waals surface area contributed by atoms with E-state index >= 15 is 0 Å². The Bertz CT molecular complexity index is 1200. The molecule has 1 aliphatic rings. The highest BCUT2D eigenvalue weighted by Gasteiger charge is 2.27. The molecule has 3 aromatic carbocycles. The highest BCUT2D eigenvalue weighted by molar-refractivity contribution is 6.14. The van der Waals surface area contributed by atoms with E-state index in [0.29, 0.717) is 17.1 Å². The number of hydrogen-bond acceptors (Lipinski definition) is 5. The molecule has 0 saturated carbocycles. The van der Waals surface area contributed by atoms with E-state index in [0.717, 1.165) is 11.1 Å². The Balaban J connectivity index is 1.46. The lowest BCUT2D eigenvalue weighted by atomic mass is 9.86. The largest absolute Gasteiger partial charge is 0.489 e. The van der Waals surface area contributed by atoms with Gasteiger partial charge in [0.1, 0.15) is 18.1 Å². The van der Waals surface area contributed by atoms with Crippen molar-refractivity contribution >= 4 is 17.5 Å². The summed E-state index contributed by atoms with van der Waals surface area (Å²) in [6.45, 7) is 6.71. The summed E-state index contributed by atoms with van der Waals surface area (Å²) in [6, 6.07) is 19.3. The van der Waals surface area contributed by atoms with Crippen LogP contribution in [0, 0.1) is 10.1 Å². The first-order valence-corrected chi connectivity index (χ1v) is 10.3. The first kappa shape index (κ1) is 21.3. The molecule has 0 amide bonds. The number of nitrogens with zero attached hydrogens (tertiary/aromatic N) is 1. The van der Waals surface area contributed by atoms with Crippen LogP contribution in [0.25, 0.3) is 6.08 Å². The smallest absolute Gasteiger partial charge is 0.269 e. The molecule has 4 rings (SSSR count). The van der Waals surface area contributed by atoms with Crippen molar-refractivity contribution in [3.8, 4) is 11.5 Å². The summed E-state index contributed by atoms with van der Waals surface area (Å²) in [7, 11) is 0. The van der Waals surface area contributed by atoms with Crippen molar-refractivity contribution in [3.05, 3.63) is 105 Å². The molecule has 0 bridgehead atoms. The van der Waals surface area contributed by atoms with Gasteiger partial charge in [-0.05, 0) is 52.4 Å². The Labute approximate surface area is 186 Å². The summed E-state index contributed by atoms with van der Waals surface area (Å²) in [5.74, 6) is 1.11. The van der Waals surface area contributed by atoms with E-state index in [2.05, 4.69) is 32.9 Å². The molecule has 0 aromatic heterocycles. The standard InChI is InChI=1S/C26H23NO5/c1-26(2,3)19-8-4-17(5-9-19)14-24-25(28)22-13-12-21(15-23(22)32-24)31-16-18-6-10-20(11-7-18)27(29)30/h4-15H,16H2,1-3H3. The molecule has 0 saturated heterocycles. The Morgan fingerprint density at radius 2 is 1.69 bits per heavy atom. The maximum Gasteiger partial charge on any atom is 0.269 e. The van der Waals surface area contributed by atoms with E-state index < -0.39 is 4.92 Å². The van der Waals surface area contributed by atoms with Gasteiger partial charge in [0.15, 0.2) is 5.76 Å². The van der Waals surface area contributed by atoms with Gasteiger partial charge in [0, 0.05) is 18.2 Å². The van der Waals surface area contributed by atoms with Gasteiger partial charge in [-0.3, -0.25) is 14.9 Å². The second-order valence-electron chi connectivity index (χ2n) is 8.68. The number of hydrogen-bond donors (Lipinski definition) is 0. The minimum atomic E-state index is -0.441. The number of benzene rings is 3. The third-order valence-corrected chi connectivity index (χ3v) is 5.27. The predicted octanol–water partition coefficient (Wildman–Crippen LogP) is 6.09. The quantitative estimate of drug-likeness (QED) is 0.279. The molecule has 0 N–H and O–H groups in total. The molecule has 0 fully saturated rings. The predicted molar refractivity (Wildman–Crippen MR) is 122 cm³/mol. The van der Waals surface area contributed by atoms with Gasteiger partial charge in [-0.2, -0.15) is 0 Å². The van der Waals surface area contributed by atoms with Gasteiger partial charge in [-0.1, -0.05) is 45.0 Å². The van der Waals surface area contributed by atoms with E-state index in [9.17, 15) is 14.9 Å². The number of rotatable bonds is 5. The summed E-state index contributed by atoms with van der Waals surface area (Å²) < 4.78 is 11.6. The van der Waals surface area contributed by atoms with Gasteiger partial charge in [0.25, 0.3) is 5.69 Å². The van der Waals surface area contributed by atoms with E-state index in [1.165, 1.54) is 17.7 Å². The lowest BCUT2D eigenvalue weighted by molar-refractivity contribution is -0.384. The first-order chi connectivity index (χ1) is 15.2. The number of ketones is 1. The van der Waals surface area contributed by atoms with Gasteiger partial charge in [-0.25, -0.2) is 0 Å². The summed E-state index contributed by atoms with van der Waals surface area (Å²) in [4.78, 5) is 23.0. The average molecular weight is 429 g/mol. The molecule has 0 aliphatic carbocycles. The van der Waals surface area contributed by atoms with Crippen LogP contribution < -0.4 is 9.47 Å². The zero-order valence-corrected chi connectivity index (χ0v) is 18.1. The minimum Gasteiger partial charge on any atom is -0.489 e. The number of ether oxygens (including phenoxy) is 2. The number of nitro groups is 1. The van der Waals surface area contributed by atoms with E-state index in [1.807, 2.05) is 12.1 Å². The lowest BCUT2D eigenvalue weighted by Gasteiger charge is -2.18. The zero-order chi connectivity index (χ0) is 22.9. The number of carbonyl (C=O) groups is 1. The molecule has 0 spiro atoms. The average Bonchev–Trinajstić information content (AvgIpc) is 3.07. The number of nitro benzene ring substituents is 1. The highest BCUT2D eigenvalue weighted by atomic mass is 16.6. The van der Waals surface area contributed by atoms with Crippen molar-refractivity contribution in [1.82, 2.24) is 0 Å². The second-order valence-corrected chi connectivity index (χ2v) is 8.68. The lowest BCUT2D eigenvalue weighted by Crippen LogP contribution is -2.10. The molecule has 0 radical (unpaired) electrons. The Morgan fingerprint density at radius 1 is 1.00 bits per heavy atom. The molecule has 32 heavy (non-hydrogen) atoms. The number of allylic oxidation sites excluding steroid dienone is 1. The zero-order valence-electron chi connectivity index (χ0n) is 18.1. The maximum atomic E-state index is 12.7. The van der Waals surface area contributed by atoms with Crippen molar-refractivity contribution in [1.29, 1.82) is 0 Å². The fourth-order valence-electron chi connectivity index (χ4n) is 3.37. The highest BCUT2D eigenvalue weighted by Crippen LogP contribution is 2.35. The fraction of sp³-hybridized carbons (Fsp3) is 0.192. The molecule has 3 aromatic rings. The molecule has 162 valence electrons. The van der Waals surface area contributed by atoms with Crippen molar-refractivity contribution < 1.29 is 19.2 Å². The van der Waals surface area contributed by atoms with Crippen molar-refractivity contribution in [3.63, 3.8) is 0 Å². The fourth-order valence-corrected chi connectivity index (χ4v) is 3.37. The third-order valence-electron chi connectivity index (χ3n) is 5.27. The summed E-state index contributed by atoms with van der Waals surface area (Å²) in [5, 5.41) is 10.8. The Kier molecular flexibility index (Phi) is 5.53. The molecule has 0 atom stereocenters. The minimum absolute atomic E-state index is 0.0329. The van der Waals surface area contributed by atoms with Gasteiger partial charge >= 0.3 is 0 Å². The van der Waals surface area contributed by atoms with Crippen molar-refractivity contribution in [2.24, 2.45) is 0 Å². The maximum absolute atomic E-state index is 12.7. The SMILES string of the molecule is CC(C)(C)c1ccc(C=C2Oc3cc(OCc4ccc([N+](=O)[O-])cc4)ccc3C2=O)cc1. The molecule has 1 aliphatic heterocycles. The van der Waals surface area contributed by atoms with Gasteiger partial charge in [0.05, 0.1) is 10.5 Å². The molecule has 1 heterocycles. The second kappa shape index (κ2) is 8.30. The Hall–Kier alpha value is -3.93. The summed E-state index contributed by atoms with van der Waals surface area (Å²) >= 11 is 0. The van der Waals surface area contributed by atoms with Crippen LogP contribution in [0.4, 0.5) is 5.69 Å². The van der Waals surface area contributed by atoms with Crippen LogP contribution in [0.2, 0.25) is 0 Å². The van der Waals surface area contributed by atoms with Crippen LogP contribution in [0.3, 0.4) is 0 Å². The third kappa shape index (κ3) is 4.54. The molecular weight excluding hydrogens is 406 g/mol. The van der Waals surface area contributed by atoms with E-state index in [4.69, 9.17) is 9.47 Å². The number of fused-ring (bicyclic) bond motifs is 1. The first-order valence-electron chi connectivity index (χ1n) is 10.3. The van der Waals surface area contributed by atoms with Gasteiger partial charge in [0.2, 0.25) is 5.78 Å². The van der Waals surface area contributed by atoms with Gasteiger partial charge < -0.3 is 9.47 Å². The molecular formula is C26H23NO5. The van der Waals surface area contributed by atoms with E-state index in [-0.39, 0.29) is 29.3 Å². The number of carbonyl (C=O) groups excluding carboxylic acids is 1. The monoisotopic (exact) mass is 429 g/mol. The summed E-state index contributed by atoms with van der Waals surface area (Å²) in [5.41, 5.74) is 3.50. The number of non-ortho nitro benzene ring substituents is 1. The number of Topliss-reactive ketones (excluding diaryl/α,β-unsaturated/α-hetero) is 1.